The Morgan fingerprint density at radius 3 is 1.74 bits per heavy atom. The normalized spacial score (nSPS) is 13.5. The predicted molar refractivity (Wildman–Crippen MR) is 251 cm³/mol. The fourth-order valence-electron chi connectivity index (χ4n) is 8.88. The third-order valence-electron chi connectivity index (χ3n) is 11.8. The van der Waals surface area contributed by atoms with Gasteiger partial charge in [-0.15, -0.1) is 16.7 Å². The Balaban J connectivity index is 0.000000377. The summed E-state index contributed by atoms with van der Waals surface area (Å²) in [7, 11) is 0.777. The molecule has 1 atom stereocenters. The summed E-state index contributed by atoms with van der Waals surface area (Å²) in [4.78, 5) is 0. The summed E-state index contributed by atoms with van der Waals surface area (Å²) in [6.07, 6.45) is 5.76. The summed E-state index contributed by atoms with van der Waals surface area (Å²) in [6, 6.07) is 61.3. The molecule has 0 saturated heterocycles. The van der Waals surface area contributed by atoms with E-state index in [1.54, 1.807) is 5.57 Å². The van der Waals surface area contributed by atoms with Crippen LogP contribution in [0.25, 0.3) is 39.5 Å². The van der Waals surface area contributed by atoms with E-state index in [1.165, 1.54) is 82.7 Å². The molecular weight excluding hydrogens is 875 g/mol. The van der Waals surface area contributed by atoms with Crippen molar-refractivity contribution in [1.29, 1.82) is 0 Å². The van der Waals surface area contributed by atoms with E-state index in [0.717, 1.165) is 28.8 Å². The van der Waals surface area contributed by atoms with E-state index in [4.69, 9.17) is 0 Å². The summed E-state index contributed by atoms with van der Waals surface area (Å²) in [5.41, 5.74) is 19.6. The monoisotopic (exact) mass is 927 g/mol. The minimum atomic E-state index is -0.0132. The molecule has 305 valence electrons. The molecular formula is C57H55Cl2SiZr. The molecule has 0 fully saturated rings. The molecule has 0 aromatic heterocycles. The first-order chi connectivity index (χ1) is 28.0. The Kier molecular flexibility index (Phi) is 16.1. The molecule has 0 aliphatic heterocycles. The SMILES string of the molecule is CCCC1=Cc2c(-c3ccc(-c4ccccc4)cc3)cccc2C1c1c(C(C)(C)C)[c-]cc2c1Cc1cc(C(C)(C)C)ccc1-2.[Cl-].[Cl-].[Zr+3].c1ccc([Si]c2ccccc2)cc1. The number of benzene rings is 7. The molecule has 9 rings (SSSR count). The summed E-state index contributed by atoms with van der Waals surface area (Å²) in [5.74, 6) is 0.250. The maximum absolute atomic E-state index is 3.87. The first kappa shape index (κ1) is 48.0. The molecule has 0 saturated carbocycles. The molecule has 2 aliphatic rings. The summed E-state index contributed by atoms with van der Waals surface area (Å²) < 4.78 is 0. The zero-order chi connectivity index (χ0) is 40.4. The van der Waals surface area contributed by atoms with Crippen LogP contribution in [0.2, 0.25) is 0 Å². The van der Waals surface area contributed by atoms with Gasteiger partial charge in [0.25, 0.3) is 0 Å². The van der Waals surface area contributed by atoms with Crippen molar-refractivity contribution in [1.82, 2.24) is 0 Å². The van der Waals surface area contributed by atoms with Crippen molar-refractivity contribution in [2.24, 2.45) is 0 Å². The minimum absolute atomic E-state index is 0. The molecule has 0 bridgehead atoms. The van der Waals surface area contributed by atoms with E-state index in [0.29, 0.717) is 0 Å². The molecule has 1 unspecified atom stereocenters. The maximum Gasteiger partial charge on any atom is 3.00 e. The van der Waals surface area contributed by atoms with Crippen molar-refractivity contribution in [2.75, 3.05) is 0 Å². The molecule has 0 heterocycles. The van der Waals surface area contributed by atoms with E-state index < -0.39 is 0 Å². The Bertz CT molecular complexity index is 2530. The Morgan fingerprint density at radius 2 is 1.16 bits per heavy atom. The van der Waals surface area contributed by atoms with Gasteiger partial charge >= 0.3 is 26.2 Å². The quantitative estimate of drug-likeness (QED) is 0.114. The second-order valence-electron chi connectivity index (χ2n) is 18.0. The van der Waals surface area contributed by atoms with E-state index in [2.05, 4.69) is 218 Å². The van der Waals surface area contributed by atoms with Crippen LogP contribution in [0.15, 0.2) is 163 Å². The number of allylic oxidation sites excluding steroid dienone is 1. The van der Waals surface area contributed by atoms with Gasteiger partial charge in [0.1, 0.15) is 9.52 Å². The topological polar surface area (TPSA) is 0 Å². The number of hydrogen-bond donors (Lipinski definition) is 0. The van der Waals surface area contributed by atoms with Gasteiger partial charge in [-0.05, 0) is 74.1 Å². The van der Waals surface area contributed by atoms with Gasteiger partial charge in [-0.2, -0.15) is 17.7 Å². The van der Waals surface area contributed by atoms with Gasteiger partial charge in [-0.1, -0.05) is 234 Å². The second-order valence-corrected chi connectivity index (χ2v) is 19.4. The third kappa shape index (κ3) is 10.4. The van der Waals surface area contributed by atoms with Crippen molar-refractivity contribution in [3.05, 3.63) is 208 Å². The van der Waals surface area contributed by atoms with Crippen molar-refractivity contribution in [3.63, 3.8) is 0 Å². The number of fused-ring (bicyclic) bond motifs is 4. The minimum Gasteiger partial charge on any atom is -1.00 e. The zero-order valence-corrected chi connectivity index (χ0v) is 41.5. The molecule has 0 nitrogen and oxygen atoms in total. The van der Waals surface area contributed by atoms with Crippen molar-refractivity contribution < 1.29 is 51.0 Å². The van der Waals surface area contributed by atoms with Gasteiger partial charge in [0, 0.05) is 0 Å². The van der Waals surface area contributed by atoms with Crippen LogP contribution in [0.1, 0.15) is 106 Å². The predicted octanol–water partition coefficient (Wildman–Crippen LogP) is 7.66. The second kappa shape index (κ2) is 20.4. The Hall–Kier alpha value is -4.04. The van der Waals surface area contributed by atoms with Crippen LogP contribution >= 0.6 is 0 Å². The standard InChI is InChI=1S/C45H45.C12H10Si.2ClH.Zr/c1-8-13-32-27-39-35(31-20-18-30(19-21-31)29-14-10-9-11-15-29)16-12-17-38(39)42(32)43-40-28-33-26-34(44(2,3)4)22-23-36(33)37(40)24-25-41(43)45(5,6)7;1-3-7-11(8-4-1)13-12-9-5-2-6-10-12;;;/h9-12,14-24,26-27,42H,8,13,28H2,1-7H3;1-10H;2*1H;/q-1;;;;+3/p-2. The first-order valence-corrected chi connectivity index (χ1v) is 22.1. The van der Waals surface area contributed by atoms with Crippen molar-refractivity contribution in [3.8, 4) is 33.4 Å². The van der Waals surface area contributed by atoms with Gasteiger partial charge in [0.05, 0.1) is 0 Å². The van der Waals surface area contributed by atoms with E-state index in [9.17, 15) is 0 Å². The summed E-state index contributed by atoms with van der Waals surface area (Å²) >= 11 is 0. The van der Waals surface area contributed by atoms with Gasteiger partial charge in [0.15, 0.2) is 0 Å². The van der Waals surface area contributed by atoms with E-state index in [1.807, 2.05) is 0 Å². The molecule has 7 aromatic rings. The van der Waals surface area contributed by atoms with Crippen LogP contribution in [0, 0.1) is 6.07 Å². The Morgan fingerprint density at radius 1 is 0.590 bits per heavy atom. The summed E-state index contributed by atoms with van der Waals surface area (Å²) in [5, 5.41) is 2.79. The average Bonchev–Trinajstić information content (AvgIpc) is 3.79. The maximum atomic E-state index is 3.87. The third-order valence-corrected chi connectivity index (χ3v) is 13.0. The molecule has 7 aromatic carbocycles. The number of halogens is 2. The Labute approximate surface area is 400 Å². The van der Waals surface area contributed by atoms with Crippen LogP contribution in [0.5, 0.6) is 0 Å². The molecule has 3 radical (unpaired) electrons. The molecule has 0 N–H and O–H groups in total. The molecule has 4 heteroatoms. The van der Waals surface area contributed by atoms with E-state index in [-0.39, 0.29) is 67.8 Å². The van der Waals surface area contributed by atoms with Gasteiger partial charge in [0.2, 0.25) is 0 Å². The fraction of sp³-hybridized carbons (Fsp3) is 0.228. The molecule has 61 heavy (non-hydrogen) atoms. The van der Waals surface area contributed by atoms with Crippen LogP contribution in [0.3, 0.4) is 0 Å². The largest absolute Gasteiger partial charge is 3.00 e. The average molecular weight is 930 g/mol. The van der Waals surface area contributed by atoms with E-state index >= 15 is 0 Å². The molecule has 0 amide bonds. The number of rotatable bonds is 7. The van der Waals surface area contributed by atoms with Crippen LogP contribution in [-0.4, -0.2) is 9.52 Å². The molecule has 0 spiro atoms. The zero-order valence-electron chi connectivity index (χ0n) is 36.5. The summed E-state index contributed by atoms with van der Waals surface area (Å²) in [6.45, 7) is 16.3. The van der Waals surface area contributed by atoms with Crippen LogP contribution in [0.4, 0.5) is 0 Å². The fourth-order valence-corrected chi connectivity index (χ4v) is 9.93. The first-order valence-electron chi connectivity index (χ1n) is 21.1. The van der Waals surface area contributed by atoms with Crippen molar-refractivity contribution >= 4 is 26.0 Å². The van der Waals surface area contributed by atoms with Crippen LogP contribution < -0.4 is 35.2 Å². The van der Waals surface area contributed by atoms with Crippen molar-refractivity contribution in [2.45, 2.75) is 84.5 Å². The number of hydrogen-bond acceptors (Lipinski definition) is 0. The van der Waals surface area contributed by atoms with Gasteiger partial charge in [-0.3, -0.25) is 0 Å². The van der Waals surface area contributed by atoms with Crippen LogP contribution in [-0.2, 0) is 43.5 Å². The van der Waals surface area contributed by atoms with Gasteiger partial charge in [-0.25, -0.2) is 0 Å². The molecule has 2 aliphatic carbocycles. The van der Waals surface area contributed by atoms with Gasteiger partial charge < -0.3 is 24.8 Å². The smallest absolute Gasteiger partial charge is 1.00 e.